The first-order valence-corrected chi connectivity index (χ1v) is 5.69. The number of benzene rings is 1. The highest BCUT2D eigenvalue weighted by molar-refractivity contribution is 5.32. The minimum Gasteiger partial charge on any atom is -0.369 e. The summed E-state index contributed by atoms with van der Waals surface area (Å²) in [5.41, 5.74) is 5.33. The third-order valence-corrected chi connectivity index (χ3v) is 3.07. The second-order valence-electron chi connectivity index (χ2n) is 4.29. The van der Waals surface area contributed by atoms with Gasteiger partial charge in [0.05, 0.1) is 5.69 Å². The molecular formula is C13H13F2N3O. The van der Waals surface area contributed by atoms with Crippen LogP contribution in [-0.4, -0.2) is 9.55 Å². The van der Waals surface area contributed by atoms with E-state index in [1.807, 2.05) is 0 Å². The van der Waals surface area contributed by atoms with Gasteiger partial charge in [-0.25, -0.2) is 13.8 Å². The first-order valence-electron chi connectivity index (χ1n) is 5.69. The van der Waals surface area contributed by atoms with Gasteiger partial charge in [-0.2, -0.15) is 0 Å². The highest BCUT2D eigenvalue weighted by atomic mass is 19.1. The van der Waals surface area contributed by atoms with Crippen LogP contribution in [0.3, 0.4) is 0 Å². The number of hydrogen-bond acceptors (Lipinski definition) is 3. The lowest BCUT2D eigenvalue weighted by Crippen LogP contribution is -2.22. The van der Waals surface area contributed by atoms with E-state index in [9.17, 15) is 13.6 Å². The second-order valence-corrected chi connectivity index (χ2v) is 4.29. The predicted octanol–water partition coefficient (Wildman–Crippen LogP) is 1.79. The lowest BCUT2D eigenvalue weighted by Gasteiger charge is -2.14. The Morgan fingerprint density at radius 3 is 2.42 bits per heavy atom. The predicted molar refractivity (Wildman–Crippen MR) is 67.8 cm³/mol. The molecule has 0 aliphatic heterocycles. The van der Waals surface area contributed by atoms with Crippen molar-refractivity contribution >= 4 is 5.95 Å². The van der Waals surface area contributed by atoms with Gasteiger partial charge in [0.2, 0.25) is 5.95 Å². The van der Waals surface area contributed by atoms with Crippen molar-refractivity contribution in [3.63, 3.8) is 0 Å². The van der Waals surface area contributed by atoms with E-state index in [1.54, 1.807) is 6.92 Å². The number of rotatable bonds is 2. The molecule has 0 saturated carbocycles. The van der Waals surface area contributed by atoms with Gasteiger partial charge in [0.25, 0.3) is 5.56 Å². The summed E-state index contributed by atoms with van der Waals surface area (Å²) >= 11 is 0. The number of nitrogen functional groups attached to an aromatic ring is 1. The Kier molecular flexibility index (Phi) is 3.33. The van der Waals surface area contributed by atoms with E-state index in [0.29, 0.717) is 0 Å². The van der Waals surface area contributed by atoms with Crippen LogP contribution in [0.5, 0.6) is 0 Å². The number of hydrogen-bond donors (Lipinski definition) is 1. The SMILES string of the molecule is CC(c1cc(=O)n(C)c(N)n1)c1c(F)cccc1F. The lowest BCUT2D eigenvalue weighted by molar-refractivity contribution is 0.544. The van der Waals surface area contributed by atoms with Gasteiger partial charge in [0.15, 0.2) is 0 Å². The third-order valence-electron chi connectivity index (χ3n) is 3.07. The van der Waals surface area contributed by atoms with Crippen LogP contribution in [0, 0.1) is 11.6 Å². The number of nitrogens with two attached hydrogens (primary N) is 1. The Hall–Kier alpha value is -2.24. The Balaban J connectivity index is 2.56. The fourth-order valence-corrected chi connectivity index (χ4v) is 1.87. The maximum Gasteiger partial charge on any atom is 0.254 e. The van der Waals surface area contributed by atoms with E-state index in [2.05, 4.69) is 4.98 Å². The topological polar surface area (TPSA) is 60.9 Å². The third kappa shape index (κ3) is 2.33. The van der Waals surface area contributed by atoms with Gasteiger partial charge in [-0.1, -0.05) is 13.0 Å². The minimum atomic E-state index is -0.697. The van der Waals surface area contributed by atoms with Gasteiger partial charge < -0.3 is 5.73 Å². The summed E-state index contributed by atoms with van der Waals surface area (Å²) in [6, 6.07) is 4.85. The molecule has 0 saturated heterocycles. The van der Waals surface area contributed by atoms with Crippen molar-refractivity contribution in [2.75, 3.05) is 5.73 Å². The van der Waals surface area contributed by atoms with Crippen LogP contribution in [0.25, 0.3) is 0 Å². The molecule has 0 spiro atoms. The first-order chi connectivity index (χ1) is 8.91. The summed E-state index contributed by atoms with van der Waals surface area (Å²) < 4.78 is 28.5. The van der Waals surface area contributed by atoms with Crippen LogP contribution in [0.1, 0.15) is 24.1 Å². The largest absolute Gasteiger partial charge is 0.369 e. The standard InChI is InChI=1S/C13H13F2N3O/c1-7(12-8(14)4-3-5-9(12)15)10-6-11(19)18(2)13(16)17-10/h3-7H,1-2H3,(H2,16,17). The number of nitrogens with zero attached hydrogens (tertiary/aromatic N) is 2. The summed E-state index contributed by atoms with van der Waals surface area (Å²) in [6.07, 6.45) is 0. The summed E-state index contributed by atoms with van der Waals surface area (Å²) in [4.78, 5) is 15.6. The quantitative estimate of drug-likeness (QED) is 0.900. The summed E-state index contributed by atoms with van der Waals surface area (Å²) in [6.45, 7) is 1.57. The van der Waals surface area contributed by atoms with Gasteiger partial charge in [0, 0.05) is 24.6 Å². The molecule has 0 fully saturated rings. The van der Waals surface area contributed by atoms with Crippen LogP contribution in [-0.2, 0) is 7.05 Å². The molecule has 0 amide bonds. The highest BCUT2D eigenvalue weighted by Gasteiger charge is 2.20. The molecular weight excluding hydrogens is 252 g/mol. The van der Waals surface area contributed by atoms with Crippen LogP contribution in [0.15, 0.2) is 29.1 Å². The van der Waals surface area contributed by atoms with Gasteiger partial charge >= 0.3 is 0 Å². The molecule has 1 aromatic heterocycles. The average molecular weight is 265 g/mol. The second kappa shape index (κ2) is 4.79. The maximum atomic E-state index is 13.7. The van der Waals surface area contributed by atoms with Crippen molar-refractivity contribution in [1.82, 2.24) is 9.55 Å². The molecule has 100 valence electrons. The zero-order valence-electron chi connectivity index (χ0n) is 10.5. The number of halogens is 2. The maximum absolute atomic E-state index is 13.7. The normalized spacial score (nSPS) is 12.4. The summed E-state index contributed by atoms with van der Waals surface area (Å²) in [7, 11) is 1.47. The molecule has 4 nitrogen and oxygen atoms in total. The van der Waals surface area contributed by atoms with Crippen LogP contribution >= 0.6 is 0 Å². The Morgan fingerprint density at radius 2 is 1.89 bits per heavy atom. The molecule has 19 heavy (non-hydrogen) atoms. The number of aromatic nitrogens is 2. The van der Waals surface area contributed by atoms with E-state index in [1.165, 1.54) is 31.3 Å². The fourth-order valence-electron chi connectivity index (χ4n) is 1.87. The minimum absolute atomic E-state index is 0.00565. The first kappa shape index (κ1) is 13.2. The average Bonchev–Trinajstić information content (AvgIpc) is 2.35. The van der Waals surface area contributed by atoms with E-state index in [-0.39, 0.29) is 22.8 Å². The van der Waals surface area contributed by atoms with Crippen molar-refractivity contribution in [1.29, 1.82) is 0 Å². The molecule has 1 heterocycles. The van der Waals surface area contributed by atoms with E-state index in [0.717, 1.165) is 4.57 Å². The molecule has 0 bridgehead atoms. The molecule has 2 rings (SSSR count). The molecule has 0 aliphatic carbocycles. The van der Waals surface area contributed by atoms with Gasteiger partial charge in [-0.15, -0.1) is 0 Å². The number of anilines is 1. The molecule has 2 N–H and O–H groups in total. The van der Waals surface area contributed by atoms with Crippen molar-refractivity contribution in [3.05, 3.63) is 57.5 Å². The molecule has 6 heteroatoms. The molecule has 1 aromatic carbocycles. The van der Waals surface area contributed by atoms with Crippen molar-refractivity contribution < 1.29 is 8.78 Å². The van der Waals surface area contributed by atoms with Crippen molar-refractivity contribution in [2.45, 2.75) is 12.8 Å². The molecule has 0 aliphatic rings. The van der Waals surface area contributed by atoms with Crippen LogP contribution < -0.4 is 11.3 Å². The van der Waals surface area contributed by atoms with Gasteiger partial charge in [-0.05, 0) is 12.1 Å². The Labute approximate surface area is 108 Å². The van der Waals surface area contributed by atoms with Crippen LogP contribution in [0.2, 0.25) is 0 Å². The smallest absolute Gasteiger partial charge is 0.254 e. The van der Waals surface area contributed by atoms with E-state index in [4.69, 9.17) is 5.73 Å². The van der Waals surface area contributed by atoms with Crippen molar-refractivity contribution in [2.24, 2.45) is 7.05 Å². The Bertz CT molecular complexity index is 662. The molecule has 1 atom stereocenters. The van der Waals surface area contributed by atoms with Crippen molar-refractivity contribution in [3.8, 4) is 0 Å². The molecule has 1 unspecified atom stereocenters. The van der Waals surface area contributed by atoms with Gasteiger partial charge in [0.1, 0.15) is 11.6 Å². The van der Waals surface area contributed by atoms with Crippen LogP contribution in [0.4, 0.5) is 14.7 Å². The molecule has 2 aromatic rings. The fraction of sp³-hybridized carbons (Fsp3) is 0.231. The monoisotopic (exact) mass is 265 g/mol. The summed E-state index contributed by atoms with van der Waals surface area (Å²) in [5.74, 6) is -2.04. The zero-order chi connectivity index (χ0) is 14.2. The molecule has 0 radical (unpaired) electrons. The van der Waals surface area contributed by atoms with E-state index >= 15 is 0 Å². The zero-order valence-corrected chi connectivity index (χ0v) is 10.5. The Morgan fingerprint density at radius 1 is 1.32 bits per heavy atom. The van der Waals surface area contributed by atoms with E-state index < -0.39 is 17.6 Å². The van der Waals surface area contributed by atoms with Gasteiger partial charge in [-0.3, -0.25) is 9.36 Å². The summed E-state index contributed by atoms with van der Waals surface area (Å²) in [5, 5.41) is 0. The highest BCUT2D eigenvalue weighted by Crippen LogP contribution is 2.27. The lowest BCUT2D eigenvalue weighted by atomic mass is 9.96.